The molecule has 0 aliphatic heterocycles. The highest BCUT2D eigenvalue weighted by Crippen LogP contribution is 2.16. The smallest absolute Gasteiger partial charge is 0.246 e. The molecule has 0 bridgehead atoms. The van der Waals surface area contributed by atoms with Crippen LogP contribution in [0.25, 0.3) is 0 Å². The Balaban J connectivity index is 1.93. The Morgan fingerprint density at radius 1 is 1.17 bits per heavy atom. The largest absolute Gasteiger partial charge is 0.494 e. The molecule has 2 aromatic carbocycles. The number of aliphatic hydroxyl groups is 1. The minimum Gasteiger partial charge on any atom is -0.494 e. The van der Waals surface area contributed by atoms with Gasteiger partial charge in [0.25, 0.3) is 0 Å². The maximum atomic E-state index is 12.2. The Morgan fingerprint density at radius 3 is 2.57 bits per heavy atom. The van der Waals surface area contributed by atoms with Crippen molar-refractivity contribution in [2.75, 3.05) is 17.2 Å². The van der Waals surface area contributed by atoms with E-state index in [1.807, 2.05) is 55.5 Å². The van der Waals surface area contributed by atoms with Gasteiger partial charge in [-0.2, -0.15) is 0 Å². The molecule has 1 atom stereocenters. The van der Waals surface area contributed by atoms with Gasteiger partial charge < -0.3 is 20.5 Å². The standard InChI is InChI=1S/C18H22N2O3/c1-3-23-17-9-7-15(8-10-17)20-18(22)13(2)19-16-6-4-5-14(11-16)12-21/h4-11,13,19,21H,3,12H2,1-2H3,(H,20,22). The predicted molar refractivity (Wildman–Crippen MR) is 91.7 cm³/mol. The molecule has 1 unspecified atom stereocenters. The van der Waals surface area contributed by atoms with E-state index in [4.69, 9.17) is 9.84 Å². The number of carbonyl (C=O) groups is 1. The van der Waals surface area contributed by atoms with E-state index in [-0.39, 0.29) is 12.5 Å². The van der Waals surface area contributed by atoms with Crippen molar-refractivity contribution in [3.05, 3.63) is 54.1 Å². The zero-order chi connectivity index (χ0) is 16.7. The fourth-order valence-corrected chi connectivity index (χ4v) is 2.13. The fourth-order valence-electron chi connectivity index (χ4n) is 2.13. The molecule has 2 aromatic rings. The lowest BCUT2D eigenvalue weighted by atomic mass is 10.2. The zero-order valence-electron chi connectivity index (χ0n) is 13.4. The van der Waals surface area contributed by atoms with Crippen molar-refractivity contribution in [3.63, 3.8) is 0 Å². The molecule has 5 heteroatoms. The van der Waals surface area contributed by atoms with Gasteiger partial charge in [0, 0.05) is 11.4 Å². The van der Waals surface area contributed by atoms with Crippen LogP contribution in [0.15, 0.2) is 48.5 Å². The highest BCUT2D eigenvalue weighted by Gasteiger charge is 2.13. The average molecular weight is 314 g/mol. The minimum atomic E-state index is -0.407. The molecule has 0 aromatic heterocycles. The first-order valence-electron chi connectivity index (χ1n) is 7.62. The molecule has 0 heterocycles. The van der Waals surface area contributed by atoms with Crippen LogP contribution < -0.4 is 15.4 Å². The van der Waals surface area contributed by atoms with Crippen molar-refractivity contribution in [1.82, 2.24) is 0 Å². The van der Waals surface area contributed by atoms with Crippen LogP contribution in [0.5, 0.6) is 5.75 Å². The van der Waals surface area contributed by atoms with Crippen molar-refractivity contribution in [2.24, 2.45) is 0 Å². The number of carbonyl (C=O) groups excluding carboxylic acids is 1. The monoisotopic (exact) mass is 314 g/mol. The number of benzene rings is 2. The molecule has 3 N–H and O–H groups in total. The van der Waals surface area contributed by atoms with Gasteiger partial charge in [-0.15, -0.1) is 0 Å². The molecule has 2 rings (SSSR count). The van der Waals surface area contributed by atoms with E-state index < -0.39 is 6.04 Å². The van der Waals surface area contributed by atoms with Crippen molar-refractivity contribution >= 4 is 17.3 Å². The van der Waals surface area contributed by atoms with Crippen molar-refractivity contribution < 1.29 is 14.6 Å². The third kappa shape index (κ3) is 5.00. The zero-order valence-corrected chi connectivity index (χ0v) is 13.4. The van der Waals surface area contributed by atoms with E-state index >= 15 is 0 Å². The van der Waals surface area contributed by atoms with Gasteiger partial charge in [-0.05, 0) is 55.8 Å². The minimum absolute atomic E-state index is 0.0255. The summed E-state index contributed by atoms with van der Waals surface area (Å²) in [7, 11) is 0. The molecule has 0 aliphatic rings. The summed E-state index contributed by atoms with van der Waals surface area (Å²) in [6.07, 6.45) is 0. The van der Waals surface area contributed by atoms with Gasteiger partial charge in [0.2, 0.25) is 5.91 Å². The summed E-state index contributed by atoms with van der Waals surface area (Å²) >= 11 is 0. The highest BCUT2D eigenvalue weighted by atomic mass is 16.5. The molecule has 122 valence electrons. The van der Waals surface area contributed by atoms with E-state index in [1.54, 1.807) is 6.92 Å². The second-order valence-electron chi connectivity index (χ2n) is 5.17. The third-order valence-electron chi connectivity index (χ3n) is 3.32. The molecule has 0 aliphatic carbocycles. The maximum Gasteiger partial charge on any atom is 0.246 e. The van der Waals surface area contributed by atoms with E-state index in [2.05, 4.69) is 10.6 Å². The number of anilines is 2. The average Bonchev–Trinajstić information content (AvgIpc) is 2.57. The quantitative estimate of drug-likeness (QED) is 0.735. The van der Waals surface area contributed by atoms with E-state index in [9.17, 15) is 4.79 Å². The van der Waals surface area contributed by atoms with Gasteiger partial charge in [-0.1, -0.05) is 12.1 Å². The SMILES string of the molecule is CCOc1ccc(NC(=O)C(C)Nc2cccc(CO)c2)cc1. The van der Waals surface area contributed by atoms with Crippen LogP contribution in [0.2, 0.25) is 0 Å². The molecule has 0 saturated heterocycles. The van der Waals surface area contributed by atoms with Gasteiger partial charge in [-0.3, -0.25) is 4.79 Å². The van der Waals surface area contributed by atoms with Crippen LogP contribution in [-0.2, 0) is 11.4 Å². The first-order valence-corrected chi connectivity index (χ1v) is 7.62. The van der Waals surface area contributed by atoms with Crippen LogP contribution in [0.4, 0.5) is 11.4 Å². The first-order chi connectivity index (χ1) is 11.1. The van der Waals surface area contributed by atoms with Crippen molar-refractivity contribution in [2.45, 2.75) is 26.5 Å². The van der Waals surface area contributed by atoms with Gasteiger partial charge >= 0.3 is 0 Å². The normalized spacial score (nSPS) is 11.6. The van der Waals surface area contributed by atoms with E-state index in [0.717, 1.165) is 22.7 Å². The second-order valence-corrected chi connectivity index (χ2v) is 5.17. The predicted octanol–water partition coefficient (Wildman–Crippen LogP) is 3.02. The molecule has 5 nitrogen and oxygen atoms in total. The summed E-state index contributed by atoms with van der Waals surface area (Å²) in [4.78, 5) is 12.2. The first kappa shape index (κ1) is 16.8. The number of nitrogens with one attached hydrogen (secondary N) is 2. The van der Waals surface area contributed by atoms with Gasteiger partial charge in [0.15, 0.2) is 0 Å². The Kier molecular flexibility index (Phi) is 6.00. The Bertz CT molecular complexity index is 641. The molecule has 0 fully saturated rings. The van der Waals surface area contributed by atoms with Crippen LogP contribution in [0.3, 0.4) is 0 Å². The Hall–Kier alpha value is -2.53. The van der Waals surface area contributed by atoms with Gasteiger partial charge in [-0.25, -0.2) is 0 Å². The number of aliphatic hydroxyl groups excluding tert-OH is 1. The van der Waals surface area contributed by atoms with Crippen molar-refractivity contribution in [1.29, 1.82) is 0 Å². The van der Waals surface area contributed by atoms with Crippen LogP contribution >= 0.6 is 0 Å². The van der Waals surface area contributed by atoms with Crippen LogP contribution in [0.1, 0.15) is 19.4 Å². The topological polar surface area (TPSA) is 70.6 Å². The molecule has 0 spiro atoms. The third-order valence-corrected chi connectivity index (χ3v) is 3.32. The number of amides is 1. The lowest BCUT2D eigenvalue weighted by Crippen LogP contribution is -2.31. The highest BCUT2D eigenvalue weighted by molar-refractivity contribution is 5.96. The number of rotatable bonds is 7. The maximum absolute atomic E-state index is 12.2. The van der Waals surface area contributed by atoms with Crippen LogP contribution in [-0.4, -0.2) is 23.7 Å². The molecular formula is C18H22N2O3. The second kappa shape index (κ2) is 8.19. The Morgan fingerprint density at radius 2 is 1.91 bits per heavy atom. The summed E-state index contributed by atoms with van der Waals surface area (Å²) in [5, 5.41) is 15.1. The molecule has 1 amide bonds. The summed E-state index contributed by atoms with van der Waals surface area (Å²) in [6.45, 7) is 4.30. The van der Waals surface area contributed by atoms with Gasteiger partial charge in [0.1, 0.15) is 11.8 Å². The molecular weight excluding hydrogens is 292 g/mol. The summed E-state index contributed by atoms with van der Waals surface area (Å²) in [5.74, 6) is 0.640. The van der Waals surface area contributed by atoms with Crippen LogP contribution in [0, 0.1) is 0 Å². The molecule has 23 heavy (non-hydrogen) atoms. The summed E-state index contributed by atoms with van der Waals surface area (Å²) in [5.41, 5.74) is 2.32. The fraction of sp³-hybridized carbons (Fsp3) is 0.278. The Labute approximate surface area is 136 Å². The summed E-state index contributed by atoms with van der Waals surface area (Å²) < 4.78 is 5.37. The lowest BCUT2D eigenvalue weighted by Gasteiger charge is -2.16. The molecule has 0 saturated carbocycles. The molecule has 0 radical (unpaired) electrons. The van der Waals surface area contributed by atoms with E-state index in [1.165, 1.54) is 0 Å². The number of ether oxygens (including phenoxy) is 1. The number of hydrogen-bond acceptors (Lipinski definition) is 4. The summed E-state index contributed by atoms with van der Waals surface area (Å²) in [6, 6.07) is 14.2. The lowest BCUT2D eigenvalue weighted by molar-refractivity contribution is -0.116. The van der Waals surface area contributed by atoms with E-state index in [0.29, 0.717) is 6.61 Å². The van der Waals surface area contributed by atoms with Crippen molar-refractivity contribution in [3.8, 4) is 5.75 Å². The number of hydrogen-bond donors (Lipinski definition) is 3. The van der Waals surface area contributed by atoms with Gasteiger partial charge in [0.05, 0.1) is 13.2 Å².